The van der Waals surface area contributed by atoms with Crippen molar-refractivity contribution in [1.82, 2.24) is 0 Å². The van der Waals surface area contributed by atoms with Gasteiger partial charge in [-0.05, 0) is 0 Å². The van der Waals surface area contributed by atoms with Crippen molar-refractivity contribution in [3.63, 3.8) is 0 Å². The van der Waals surface area contributed by atoms with Gasteiger partial charge in [0.15, 0.2) is 6.61 Å². The van der Waals surface area contributed by atoms with Crippen LogP contribution in [0.2, 0.25) is 0 Å². The lowest BCUT2D eigenvalue weighted by Gasteiger charge is -1.92. The van der Waals surface area contributed by atoms with E-state index in [2.05, 4.69) is 4.74 Å². The fourth-order valence-corrected chi connectivity index (χ4v) is 0.156. The molecule has 0 saturated heterocycles. The first-order chi connectivity index (χ1) is 3.81. The Labute approximate surface area is 46.1 Å². The lowest BCUT2D eigenvalue weighted by molar-refractivity contribution is -0.145. The number of ether oxygens (including phenoxy) is 1. The summed E-state index contributed by atoms with van der Waals surface area (Å²) in [4.78, 5) is 19.3. The first kappa shape index (κ1) is 7.10. The average molecular weight is 117 g/mol. The summed E-state index contributed by atoms with van der Waals surface area (Å²) in [5.41, 5.74) is 0. The van der Waals surface area contributed by atoms with Crippen LogP contribution in [0.15, 0.2) is 0 Å². The molecule has 1 radical (unpaired) electrons. The summed E-state index contributed by atoms with van der Waals surface area (Å²) in [5.74, 6) is -0.812. The standard InChI is InChI=1S/C4H5O4/c5-1-2-8-4(7)3-6/h6H,2-3H2. The second-order valence-electron chi connectivity index (χ2n) is 0.963. The molecule has 45 valence electrons. The maximum Gasteiger partial charge on any atom is 0.332 e. The monoisotopic (exact) mass is 117 g/mol. The van der Waals surface area contributed by atoms with E-state index in [1.807, 2.05) is 0 Å². The molecule has 0 aliphatic heterocycles. The van der Waals surface area contributed by atoms with Gasteiger partial charge >= 0.3 is 5.97 Å². The number of aliphatic hydroxyl groups excluding tert-OH is 1. The third-order valence-corrected chi connectivity index (χ3v) is 0.421. The van der Waals surface area contributed by atoms with E-state index in [1.54, 1.807) is 0 Å². The summed E-state index contributed by atoms with van der Waals surface area (Å²) >= 11 is 0. The highest BCUT2D eigenvalue weighted by molar-refractivity contribution is 5.72. The minimum Gasteiger partial charge on any atom is -0.455 e. The molecular formula is C4H5O4. The van der Waals surface area contributed by atoms with Gasteiger partial charge in [0, 0.05) is 0 Å². The van der Waals surface area contributed by atoms with Crippen molar-refractivity contribution in [2.75, 3.05) is 13.2 Å². The Hall–Kier alpha value is -0.900. The zero-order valence-corrected chi connectivity index (χ0v) is 4.09. The van der Waals surface area contributed by atoms with Crippen molar-refractivity contribution in [3.05, 3.63) is 0 Å². The van der Waals surface area contributed by atoms with E-state index < -0.39 is 19.2 Å². The van der Waals surface area contributed by atoms with Gasteiger partial charge in [0.05, 0.1) is 0 Å². The van der Waals surface area contributed by atoms with Gasteiger partial charge in [0.2, 0.25) is 6.29 Å². The number of carbonyl (C=O) groups excluding carboxylic acids is 2. The van der Waals surface area contributed by atoms with E-state index in [1.165, 1.54) is 6.29 Å². The number of rotatable bonds is 3. The number of esters is 1. The molecule has 0 saturated carbocycles. The largest absolute Gasteiger partial charge is 0.455 e. The molecule has 4 heteroatoms. The molecule has 0 heterocycles. The maximum atomic E-state index is 9.92. The van der Waals surface area contributed by atoms with Crippen LogP contribution in [0.1, 0.15) is 0 Å². The average Bonchev–Trinajstić information content (AvgIpc) is 1.83. The molecule has 1 N–H and O–H groups in total. The van der Waals surface area contributed by atoms with Crippen LogP contribution in [0.5, 0.6) is 0 Å². The predicted molar refractivity (Wildman–Crippen MR) is 23.7 cm³/mol. The molecule has 0 rings (SSSR count). The second-order valence-corrected chi connectivity index (χ2v) is 0.963. The maximum absolute atomic E-state index is 9.92. The first-order valence-corrected chi connectivity index (χ1v) is 1.92. The highest BCUT2D eigenvalue weighted by Gasteiger charge is 1.95. The number of hydrogen-bond donors (Lipinski definition) is 1. The van der Waals surface area contributed by atoms with Crippen molar-refractivity contribution in [1.29, 1.82) is 0 Å². The smallest absolute Gasteiger partial charge is 0.332 e. The molecule has 0 aliphatic rings. The van der Waals surface area contributed by atoms with E-state index in [0.717, 1.165) is 0 Å². The molecule has 0 aliphatic carbocycles. The molecule has 0 aromatic rings. The Morgan fingerprint density at radius 1 is 1.75 bits per heavy atom. The Bertz CT molecular complexity index is 88.0. The summed E-state index contributed by atoms with van der Waals surface area (Å²) in [6, 6.07) is 0. The van der Waals surface area contributed by atoms with Crippen molar-refractivity contribution in [2.45, 2.75) is 0 Å². The molecular weight excluding hydrogens is 112 g/mol. The summed E-state index contributed by atoms with van der Waals surface area (Å²) in [5, 5.41) is 7.96. The van der Waals surface area contributed by atoms with E-state index in [-0.39, 0.29) is 0 Å². The lowest BCUT2D eigenvalue weighted by Crippen LogP contribution is -2.09. The SMILES string of the molecule is O=[C]COC(=O)CO. The molecule has 0 atom stereocenters. The fourth-order valence-electron chi connectivity index (χ4n) is 0.156. The summed E-state index contributed by atoms with van der Waals surface area (Å²) in [7, 11) is 0. The van der Waals surface area contributed by atoms with Crippen molar-refractivity contribution in [2.24, 2.45) is 0 Å². The van der Waals surface area contributed by atoms with E-state index in [4.69, 9.17) is 5.11 Å². The van der Waals surface area contributed by atoms with Crippen LogP contribution in [0.4, 0.5) is 0 Å². The molecule has 0 aromatic carbocycles. The summed E-state index contributed by atoms with van der Waals surface area (Å²) in [6.07, 6.45) is 1.33. The first-order valence-electron chi connectivity index (χ1n) is 1.92. The topological polar surface area (TPSA) is 63.6 Å². The van der Waals surface area contributed by atoms with Crippen LogP contribution < -0.4 is 0 Å². The van der Waals surface area contributed by atoms with Gasteiger partial charge in [0.1, 0.15) is 6.61 Å². The molecule has 0 spiro atoms. The van der Waals surface area contributed by atoms with E-state index in [0.29, 0.717) is 0 Å². The lowest BCUT2D eigenvalue weighted by atomic mass is 10.7. The molecule has 0 aromatic heterocycles. The normalized spacial score (nSPS) is 8.12. The summed E-state index contributed by atoms with van der Waals surface area (Å²) in [6.45, 7) is -1.10. The molecule has 4 nitrogen and oxygen atoms in total. The minimum absolute atomic E-state index is 0.403. The third kappa shape index (κ3) is 3.30. The highest BCUT2D eigenvalue weighted by atomic mass is 16.5. The van der Waals surface area contributed by atoms with Crippen LogP contribution in [-0.4, -0.2) is 30.6 Å². The quantitative estimate of drug-likeness (QED) is 0.463. The van der Waals surface area contributed by atoms with Crippen LogP contribution in [0.25, 0.3) is 0 Å². The molecule has 0 unspecified atom stereocenters. The van der Waals surface area contributed by atoms with Gasteiger partial charge in [-0.2, -0.15) is 0 Å². The second kappa shape index (κ2) is 4.26. The molecule has 8 heavy (non-hydrogen) atoms. The van der Waals surface area contributed by atoms with Crippen molar-refractivity contribution < 1.29 is 19.4 Å². The van der Waals surface area contributed by atoms with Crippen LogP contribution in [-0.2, 0) is 14.3 Å². The summed E-state index contributed by atoms with van der Waals surface area (Å²) < 4.78 is 4.03. The Morgan fingerprint density at radius 2 is 2.38 bits per heavy atom. The number of aliphatic hydroxyl groups is 1. The van der Waals surface area contributed by atoms with Crippen LogP contribution in [0, 0.1) is 0 Å². The van der Waals surface area contributed by atoms with Gasteiger partial charge in [-0.25, -0.2) is 4.79 Å². The highest BCUT2D eigenvalue weighted by Crippen LogP contribution is 1.70. The molecule has 0 bridgehead atoms. The minimum atomic E-state index is -0.812. The zero-order chi connectivity index (χ0) is 6.41. The predicted octanol–water partition coefficient (Wildman–Crippen LogP) is -1.37. The van der Waals surface area contributed by atoms with Gasteiger partial charge in [0.25, 0.3) is 0 Å². The van der Waals surface area contributed by atoms with E-state index >= 15 is 0 Å². The van der Waals surface area contributed by atoms with Gasteiger partial charge in [-0.15, -0.1) is 0 Å². The molecule has 0 fully saturated rings. The van der Waals surface area contributed by atoms with Gasteiger partial charge < -0.3 is 9.84 Å². The number of carbonyl (C=O) groups is 1. The van der Waals surface area contributed by atoms with Crippen LogP contribution >= 0.6 is 0 Å². The van der Waals surface area contributed by atoms with Crippen molar-refractivity contribution in [3.8, 4) is 0 Å². The number of hydrogen-bond acceptors (Lipinski definition) is 4. The zero-order valence-electron chi connectivity index (χ0n) is 4.09. The fraction of sp³-hybridized carbons (Fsp3) is 0.500. The Balaban J connectivity index is 3.11. The third-order valence-electron chi connectivity index (χ3n) is 0.421. The molecule has 0 amide bonds. The Kier molecular flexibility index (Phi) is 3.78. The van der Waals surface area contributed by atoms with E-state index in [9.17, 15) is 9.59 Å². The Morgan fingerprint density at radius 3 is 2.75 bits per heavy atom. The van der Waals surface area contributed by atoms with Crippen LogP contribution in [0.3, 0.4) is 0 Å². The van der Waals surface area contributed by atoms with Gasteiger partial charge in [-0.3, -0.25) is 4.79 Å². The van der Waals surface area contributed by atoms with Crippen molar-refractivity contribution >= 4 is 12.3 Å². The van der Waals surface area contributed by atoms with Gasteiger partial charge in [-0.1, -0.05) is 0 Å².